The second kappa shape index (κ2) is 6.49. The largest absolute Gasteiger partial charge is 0.392 e. The maximum Gasteiger partial charge on any atom is 0.253 e. The molecular formula is C17H20N6O3. The zero-order valence-corrected chi connectivity index (χ0v) is 14.2. The minimum absolute atomic E-state index is 0.141. The molecule has 0 saturated carbocycles. The number of nitrogens with zero attached hydrogens (tertiary/aromatic N) is 5. The van der Waals surface area contributed by atoms with Gasteiger partial charge in [0.15, 0.2) is 0 Å². The van der Waals surface area contributed by atoms with Gasteiger partial charge in [-0.3, -0.25) is 9.59 Å². The minimum Gasteiger partial charge on any atom is -0.392 e. The van der Waals surface area contributed by atoms with Gasteiger partial charge in [-0.05, 0) is 54.0 Å². The molecule has 2 atom stereocenters. The molecule has 2 N–H and O–H groups in total. The van der Waals surface area contributed by atoms with Gasteiger partial charge in [0.1, 0.15) is 6.33 Å². The van der Waals surface area contributed by atoms with Gasteiger partial charge in [-0.1, -0.05) is 0 Å². The third-order valence-electron chi connectivity index (χ3n) is 5.34. The molecule has 4 rings (SSSR count). The number of likely N-dealkylation sites (tertiary alicyclic amines) is 1. The number of aromatic nitrogens is 4. The van der Waals surface area contributed by atoms with Crippen molar-refractivity contribution in [2.45, 2.75) is 25.4 Å². The summed E-state index contributed by atoms with van der Waals surface area (Å²) in [6.07, 6.45) is 2.58. The Hall–Kier alpha value is -2.81. The van der Waals surface area contributed by atoms with Gasteiger partial charge >= 0.3 is 0 Å². The normalized spacial score (nSPS) is 26.0. The molecule has 2 saturated heterocycles. The molecule has 2 fully saturated rings. The summed E-state index contributed by atoms with van der Waals surface area (Å²) in [5.41, 5.74) is 0.395. The van der Waals surface area contributed by atoms with Crippen molar-refractivity contribution in [1.82, 2.24) is 30.4 Å². The number of benzene rings is 1. The molecule has 2 aromatic rings. The van der Waals surface area contributed by atoms with Crippen molar-refractivity contribution < 1.29 is 14.7 Å². The van der Waals surface area contributed by atoms with Crippen LogP contribution in [0.1, 0.15) is 29.6 Å². The molecule has 2 aliphatic rings. The average molecular weight is 356 g/mol. The summed E-state index contributed by atoms with van der Waals surface area (Å²) in [5.74, 6) is -0.291. The van der Waals surface area contributed by atoms with Gasteiger partial charge in [0, 0.05) is 25.2 Å². The van der Waals surface area contributed by atoms with Crippen LogP contribution in [0.15, 0.2) is 30.6 Å². The van der Waals surface area contributed by atoms with E-state index in [1.807, 2.05) is 0 Å². The third kappa shape index (κ3) is 2.74. The fourth-order valence-corrected chi connectivity index (χ4v) is 3.84. The molecule has 0 unspecified atom stereocenters. The molecule has 1 aromatic heterocycles. The van der Waals surface area contributed by atoms with Gasteiger partial charge in [-0.15, -0.1) is 5.10 Å². The van der Waals surface area contributed by atoms with Crippen LogP contribution >= 0.6 is 0 Å². The highest BCUT2D eigenvalue weighted by atomic mass is 16.3. The number of amides is 2. The summed E-state index contributed by atoms with van der Waals surface area (Å²) in [5, 5.41) is 24.3. The van der Waals surface area contributed by atoms with E-state index in [4.69, 9.17) is 0 Å². The highest BCUT2D eigenvalue weighted by Crippen LogP contribution is 2.37. The van der Waals surface area contributed by atoms with Crippen LogP contribution in [0.2, 0.25) is 0 Å². The second-order valence-corrected chi connectivity index (χ2v) is 6.85. The summed E-state index contributed by atoms with van der Waals surface area (Å²) in [4.78, 5) is 27.0. The highest BCUT2D eigenvalue weighted by molar-refractivity contribution is 5.95. The van der Waals surface area contributed by atoms with Gasteiger partial charge in [0.2, 0.25) is 5.91 Å². The summed E-state index contributed by atoms with van der Waals surface area (Å²) >= 11 is 0. The molecule has 0 radical (unpaired) electrons. The summed E-state index contributed by atoms with van der Waals surface area (Å²) < 4.78 is 1.51. The van der Waals surface area contributed by atoms with E-state index >= 15 is 0 Å². The number of hydrogen-bond donors (Lipinski definition) is 2. The van der Waals surface area contributed by atoms with E-state index in [9.17, 15) is 14.7 Å². The molecule has 26 heavy (non-hydrogen) atoms. The molecule has 0 bridgehead atoms. The molecular weight excluding hydrogens is 336 g/mol. The summed E-state index contributed by atoms with van der Waals surface area (Å²) in [6, 6.07) is 6.98. The smallest absolute Gasteiger partial charge is 0.253 e. The number of piperidine rings is 2. The molecule has 3 heterocycles. The van der Waals surface area contributed by atoms with Crippen LogP contribution in [0.4, 0.5) is 0 Å². The van der Waals surface area contributed by atoms with Crippen LogP contribution in [0.3, 0.4) is 0 Å². The summed E-state index contributed by atoms with van der Waals surface area (Å²) in [7, 11) is 0. The molecule has 2 amide bonds. The fourth-order valence-electron chi connectivity index (χ4n) is 3.84. The Morgan fingerprint density at radius 3 is 2.81 bits per heavy atom. The first kappa shape index (κ1) is 16.6. The molecule has 2 aliphatic heterocycles. The molecule has 9 heteroatoms. The van der Waals surface area contributed by atoms with E-state index < -0.39 is 11.5 Å². The van der Waals surface area contributed by atoms with Crippen LogP contribution in [0.5, 0.6) is 0 Å². The Morgan fingerprint density at radius 1 is 1.31 bits per heavy atom. The van der Waals surface area contributed by atoms with E-state index in [1.54, 1.807) is 29.2 Å². The van der Waals surface area contributed by atoms with E-state index in [2.05, 4.69) is 20.8 Å². The van der Waals surface area contributed by atoms with Crippen molar-refractivity contribution >= 4 is 11.8 Å². The SMILES string of the molecule is O=C(c1ccc(-n2cnnn2)cc1)N1CC[C@H](O)[C@@]2(CCCNC2=O)C1. The number of rotatable bonds is 2. The van der Waals surface area contributed by atoms with Crippen LogP contribution in [-0.4, -0.2) is 67.8 Å². The topological polar surface area (TPSA) is 113 Å². The highest BCUT2D eigenvalue weighted by Gasteiger charge is 2.50. The Bertz CT molecular complexity index is 806. The summed E-state index contributed by atoms with van der Waals surface area (Å²) in [6.45, 7) is 1.30. The number of carbonyl (C=O) groups is 2. The van der Waals surface area contributed by atoms with Gasteiger partial charge < -0.3 is 15.3 Å². The first-order chi connectivity index (χ1) is 12.6. The molecule has 1 aromatic carbocycles. The quantitative estimate of drug-likeness (QED) is 0.768. The van der Waals surface area contributed by atoms with Gasteiger partial charge in [-0.25, -0.2) is 4.68 Å². The lowest BCUT2D eigenvalue weighted by Crippen LogP contribution is -2.62. The Labute approximate surface area is 150 Å². The lowest BCUT2D eigenvalue weighted by Gasteiger charge is -2.46. The zero-order chi connectivity index (χ0) is 18.1. The predicted molar refractivity (Wildman–Crippen MR) is 90.4 cm³/mol. The van der Waals surface area contributed by atoms with Crippen LogP contribution < -0.4 is 5.32 Å². The molecule has 1 spiro atoms. The maximum absolute atomic E-state index is 12.9. The predicted octanol–water partition coefficient (Wildman–Crippen LogP) is -0.234. The number of tetrazole rings is 1. The third-order valence-corrected chi connectivity index (χ3v) is 5.34. The van der Waals surface area contributed by atoms with Crippen molar-refractivity contribution in [2.75, 3.05) is 19.6 Å². The van der Waals surface area contributed by atoms with Gasteiger partial charge in [0.25, 0.3) is 5.91 Å². The van der Waals surface area contributed by atoms with E-state index in [-0.39, 0.29) is 18.4 Å². The van der Waals surface area contributed by atoms with Crippen LogP contribution in [0, 0.1) is 5.41 Å². The van der Waals surface area contributed by atoms with Gasteiger partial charge in [-0.2, -0.15) is 0 Å². The van der Waals surface area contributed by atoms with Crippen molar-refractivity contribution in [3.8, 4) is 5.69 Å². The second-order valence-electron chi connectivity index (χ2n) is 6.85. The molecule has 9 nitrogen and oxygen atoms in total. The molecule has 136 valence electrons. The standard InChI is InChI=1S/C17H20N6O3/c24-14-6-9-22(10-17(14)7-1-8-18-16(17)26)15(25)12-2-4-13(5-3-12)23-11-19-20-21-23/h2-5,11,14,24H,1,6-10H2,(H,18,26)/t14-,17+/m0/s1. The number of hydrogen-bond acceptors (Lipinski definition) is 6. The average Bonchev–Trinajstić information content (AvgIpc) is 3.20. The first-order valence-corrected chi connectivity index (χ1v) is 8.69. The number of nitrogens with one attached hydrogen (secondary N) is 1. The Morgan fingerprint density at radius 2 is 2.12 bits per heavy atom. The lowest BCUT2D eigenvalue weighted by molar-refractivity contribution is -0.147. The van der Waals surface area contributed by atoms with Crippen molar-refractivity contribution in [3.05, 3.63) is 36.2 Å². The first-order valence-electron chi connectivity index (χ1n) is 8.69. The monoisotopic (exact) mass is 356 g/mol. The van der Waals surface area contributed by atoms with E-state index in [0.29, 0.717) is 31.5 Å². The van der Waals surface area contributed by atoms with Crippen LogP contribution in [-0.2, 0) is 4.79 Å². The number of aliphatic hydroxyl groups is 1. The Kier molecular flexibility index (Phi) is 4.15. The van der Waals surface area contributed by atoms with Crippen molar-refractivity contribution in [1.29, 1.82) is 0 Å². The van der Waals surface area contributed by atoms with Crippen molar-refractivity contribution in [3.63, 3.8) is 0 Å². The number of carbonyl (C=O) groups excluding carboxylic acids is 2. The lowest BCUT2D eigenvalue weighted by atomic mass is 9.71. The van der Waals surface area contributed by atoms with E-state index in [1.165, 1.54) is 11.0 Å². The molecule has 0 aliphatic carbocycles. The fraction of sp³-hybridized carbons (Fsp3) is 0.471. The Balaban J connectivity index is 1.53. The maximum atomic E-state index is 12.9. The zero-order valence-electron chi connectivity index (χ0n) is 14.2. The van der Waals surface area contributed by atoms with Gasteiger partial charge in [0.05, 0.1) is 17.2 Å². The minimum atomic E-state index is -0.890. The number of aliphatic hydroxyl groups excluding tert-OH is 1. The van der Waals surface area contributed by atoms with Crippen molar-refractivity contribution in [2.24, 2.45) is 5.41 Å². The van der Waals surface area contributed by atoms with Crippen LogP contribution in [0.25, 0.3) is 5.69 Å². The van der Waals surface area contributed by atoms with E-state index in [0.717, 1.165) is 12.1 Å².